The molecule has 2 aromatic rings. The predicted molar refractivity (Wildman–Crippen MR) is 122 cm³/mol. The van der Waals surface area contributed by atoms with Crippen LogP contribution in [0.1, 0.15) is 17.5 Å². The summed E-state index contributed by atoms with van der Waals surface area (Å²) >= 11 is 6.48. The number of fused-ring (bicyclic) bond motifs is 6. The van der Waals surface area contributed by atoms with Crippen LogP contribution < -0.4 is 18.9 Å². The summed E-state index contributed by atoms with van der Waals surface area (Å²) in [5.41, 5.74) is 1.46. The Hall–Kier alpha value is -3.52. The zero-order chi connectivity index (χ0) is 23.4. The summed E-state index contributed by atoms with van der Waals surface area (Å²) in [4.78, 5) is 25.6. The van der Waals surface area contributed by atoms with E-state index in [2.05, 4.69) is 17.3 Å². The highest BCUT2D eigenvalue weighted by Gasteiger charge is 2.59. The van der Waals surface area contributed by atoms with Gasteiger partial charge in [0.15, 0.2) is 23.0 Å². The maximum absolute atomic E-state index is 12.8. The first-order valence-corrected chi connectivity index (χ1v) is 11.4. The van der Waals surface area contributed by atoms with Crippen LogP contribution in [0, 0.1) is 23.7 Å². The van der Waals surface area contributed by atoms with Gasteiger partial charge in [0, 0.05) is 0 Å². The molecule has 0 radical (unpaired) electrons. The van der Waals surface area contributed by atoms with Crippen molar-refractivity contribution < 1.29 is 28.5 Å². The third-order valence-electron chi connectivity index (χ3n) is 6.84. The molecule has 4 aliphatic rings. The standard InChI is InChI=1S/C25H21ClN2O6/c1-31-20-8-14(10-27-28-24(29)21-15-3-4-16(9-15)22(21)25(28)30)6-17(26)23(20)32-11-13-2-5-18-19(7-13)34-12-33-18/h2-8,10,15-16,21-22H,9,11-12H2,1H3. The molecule has 6 rings (SSSR count). The number of imide groups is 1. The van der Waals surface area contributed by atoms with Crippen LogP contribution in [0.15, 0.2) is 47.6 Å². The van der Waals surface area contributed by atoms with E-state index >= 15 is 0 Å². The minimum absolute atomic E-state index is 0.141. The van der Waals surface area contributed by atoms with Crippen molar-refractivity contribution in [1.82, 2.24) is 5.01 Å². The summed E-state index contributed by atoms with van der Waals surface area (Å²) in [6.45, 7) is 0.451. The zero-order valence-corrected chi connectivity index (χ0v) is 19.0. The van der Waals surface area contributed by atoms with Crippen molar-refractivity contribution in [2.75, 3.05) is 13.9 Å². The Morgan fingerprint density at radius 2 is 1.82 bits per heavy atom. The number of allylic oxidation sites excluding steroid dienone is 2. The molecule has 2 heterocycles. The van der Waals surface area contributed by atoms with E-state index in [1.54, 1.807) is 12.1 Å². The zero-order valence-electron chi connectivity index (χ0n) is 18.3. The topological polar surface area (TPSA) is 86.7 Å². The summed E-state index contributed by atoms with van der Waals surface area (Å²) in [5.74, 6) is 1.40. The van der Waals surface area contributed by atoms with Crippen molar-refractivity contribution in [1.29, 1.82) is 0 Å². The van der Waals surface area contributed by atoms with Crippen LogP contribution in [0.2, 0.25) is 5.02 Å². The Kier molecular flexibility index (Phi) is 4.99. The summed E-state index contributed by atoms with van der Waals surface area (Å²) in [5, 5.41) is 5.53. The van der Waals surface area contributed by atoms with Gasteiger partial charge in [-0.1, -0.05) is 29.8 Å². The lowest BCUT2D eigenvalue weighted by Gasteiger charge is -2.14. The molecule has 0 spiro atoms. The van der Waals surface area contributed by atoms with Gasteiger partial charge in [-0.3, -0.25) is 9.59 Å². The van der Waals surface area contributed by atoms with E-state index in [-0.39, 0.29) is 48.9 Å². The molecule has 2 amide bonds. The number of ether oxygens (including phenoxy) is 4. The average Bonchev–Trinajstić information content (AvgIpc) is 3.61. The maximum atomic E-state index is 12.8. The quantitative estimate of drug-likeness (QED) is 0.355. The van der Waals surface area contributed by atoms with Crippen molar-refractivity contribution in [3.05, 3.63) is 58.6 Å². The first-order chi connectivity index (χ1) is 16.5. The molecule has 174 valence electrons. The highest BCUT2D eigenvalue weighted by atomic mass is 35.5. The minimum atomic E-state index is -0.287. The molecule has 2 aliphatic heterocycles. The lowest BCUT2D eigenvalue weighted by atomic mass is 9.85. The number of halogens is 1. The number of methoxy groups -OCH3 is 1. The van der Waals surface area contributed by atoms with Gasteiger partial charge in [0.2, 0.25) is 6.79 Å². The van der Waals surface area contributed by atoms with Crippen LogP contribution in [0.5, 0.6) is 23.0 Å². The van der Waals surface area contributed by atoms with E-state index in [9.17, 15) is 9.59 Å². The third-order valence-corrected chi connectivity index (χ3v) is 7.12. The summed E-state index contributed by atoms with van der Waals surface area (Å²) in [7, 11) is 1.51. The highest BCUT2D eigenvalue weighted by Crippen LogP contribution is 2.52. The van der Waals surface area contributed by atoms with E-state index < -0.39 is 0 Å². The molecule has 34 heavy (non-hydrogen) atoms. The number of hydrogen-bond donors (Lipinski definition) is 0. The monoisotopic (exact) mass is 480 g/mol. The van der Waals surface area contributed by atoms with Crippen LogP contribution in [0.25, 0.3) is 0 Å². The summed E-state index contributed by atoms with van der Waals surface area (Å²) < 4.78 is 22.1. The normalized spacial score (nSPS) is 26.1. The molecule has 4 atom stereocenters. The van der Waals surface area contributed by atoms with Crippen LogP contribution >= 0.6 is 11.6 Å². The first kappa shape index (κ1) is 21.0. The second-order valence-corrected chi connectivity index (χ2v) is 9.15. The molecule has 4 unspecified atom stereocenters. The molecule has 2 aliphatic carbocycles. The Balaban J connectivity index is 1.18. The van der Waals surface area contributed by atoms with Gasteiger partial charge in [-0.25, -0.2) is 0 Å². The summed E-state index contributed by atoms with van der Waals surface area (Å²) in [6, 6.07) is 8.91. The first-order valence-electron chi connectivity index (χ1n) is 11.0. The molecule has 1 saturated carbocycles. The van der Waals surface area contributed by atoms with Gasteiger partial charge in [-0.05, 0) is 53.6 Å². The van der Waals surface area contributed by atoms with Gasteiger partial charge in [-0.2, -0.15) is 10.1 Å². The lowest BCUT2D eigenvalue weighted by Crippen LogP contribution is -2.28. The van der Waals surface area contributed by atoms with Gasteiger partial charge in [0.25, 0.3) is 11.8 Å². The molecule has 9 heteroatoms. The number of carbonyl (C=O) groups is 2. The number of hydrogen-bond acceptors (Lipinski definition) is 7. The van der Waals surface area contributed by atoms with Crippen molar-refractivity contribution in [2.24, 2.45) is 28.8 Å². The number of nitrogens with zero attached hydrogens (tertiary/aromatic N) is 2. The second kappa shape index (κ2) is 8.06. The van der Waals surface area contributed by atoms with Crippen LogP contribution in [-0.2, 0) is 16.2 Å². The smallest absolute Gasteiger partial charge is 0.254 e. The molecule has 2 fully saturated rings. The molecular weight excluding hydrogens is 460 g/mol. The fourth-order valence-corrected chi connectivity index (χ4v) is 5.54. The minimum Gasteiger partial charge on any atom is -0.493 e. The average molecular weight is 481 g/mol. The van der Waals surface area contributed by atoms with Gasteiger partial charge in [0.1, 0.15) is 6.61 Å². The molecule has 0 aromatic heterocycles. The number of rotatable bonds is 6. The van der Waals surface area contributed by atoms with E-state index in [1.807, 2.05) is 18.2 Å². The Morgan fingerprint density at radius 1 is 1.09 bits per heavy atom. The fourth-order valence-electron chi connectivity index (χ4n) is 5.27. The predicted octanol–water partition coefficient (Wildman–Crippen LogP) is 3.80. The van der Waals surface area contributed by atoms with Crippen molar-refractivity contribution >= 4 is 29.6 Å². The van der Waals surface area contributed by atoms with Crippen molar-refractivity contribution in [2.45, 2.75) is 13.0 Å². The highest BCUT2D eigenvalue weighted by molar-refractivity contribution is 6.32. The van der Waals surface area contributed by atoms with E-state index in [0.717, 1.165) is 17.0 Å². The Labute approximate surface area is 200 Å². The van der Waals surface area contributed by atoms with Crippen LogP contribution in [0.4, 0.5) is 0 Å². The molecule has 0 N–H and O–H groups in total. The Bertz CT molecular complexity index is 1230. The van der Waals surface area contributed by atoms with Gasteiger partial charge in [-0.15, -0.1) is 0 Å². The molecule has 1 saturated heterocycles. The van der Waals surface area contributed by atoms with Gasteiger partial charge in [0.05, 0.1) is 30.2 Å². The SMILES string of the molecule is COc1cc(C=NN2C(=O)C3C4C=CC(C4)C3C2=O)cc(Cl)c1OCc1ccc2c(c1)OCO2. The maximum Gasteiger partial charge on any atom is 0.254 e. The Morgan fingerprint density at radius 3 is 2.56 bits per heavy atom. The second-order valence-electron chi connectivity index (χ2n) is 8.74. The molecule has 2 bridgehead atoms. The largest absolute Gasteiger partial charge is 0.493 e. The van der Waals surface area contributed by atoms with Gasteiger partial charge < -0.3 is 18.9 Å². The van der Waals surface area contributed by atoms with Crippen molar-refractivity contribution in [3.63, 3.8) is 0 Å². The number of benzene rings is 2. The molecule has 8 nitrogen and oxygen atoms in total. The van der Waals surface area contributed by atoms with E-state index in [1.165, 1.54) is 13.3 Å². The van der Waals surface area contributed by atoms with Gasteiger partial charge >= 0.3 is 0 Å². The molecule has 2 aromatic carbocycles. The fraction of sp³-hybridized carbons (Fsp3) is 0.320. The number of hydrazone groups is 1. The van der Waals surface area contributed by atoms with Crippen LogP contribution in [0.3, 0.4) is 0 Å². The third kappa shape index (κ3) is 3.32. The van der Waals surface area contributed by atoms with Crippen molar-refractivity contribution in [3.8, 4) is 23.0 Å². The molecular formula is C25H21ClN2O6. The van der Waals surface area contributed by atoms with Crippen LogP contribution in [-0.4, -0.2) is 36.9 Å². The number of carbonyl (C=O) groups excluding carboxylic acids is 2. The van der Waals surface area contributed by atoms with E-state index in [4.69, 9.17) is 30.5 Å². The lowest BCUT2D eigenvalue weighted by molar-refractivity contribution is -0.140. The van der Waals surface area contributed by atoms with E-state index in [0.29, 0.717) is 33.6 Å². The summed E-state index contributed by atoms with van der Waals surface area (Å²) in [6.07, 6.45) is 6.43. The number of amides is 2.